The Morgan fingerprint density at radius 3 is 2.33 bits per heavy atom. The highest BCUT2D eigenvalue weighted by molar-refractivity contribution is 5.55. The van der Waals surface area contributed by atoms with Crippen LogP contribution in [0, 0.1) is 24.7 Å². The minimum Gasteiger partial charge on any atom is -0.507 e. The smallest absolute Gasteiger partial charge is 0.124 e. The lowest BCUT2D eigenvalue weighted by Crippen LogP contribution is -2.42. The molecular formula is C28H39NO. The number of nitrogens with zero attached hydrogens (tertiary/aromatic N) is 1. The molecule has 2 heteroatoms. The summed E-state index contributed by atoms with van der Waals surface area (Å²) in [7, 11) is 2.15. The van der Waals surface area contributed by atoms with E-state index in [4.69, 9.17) is 0 Å². The van der Waals surface area contributed by atoms with Gasteiger partial charge < -0.3 is 10.0 Å². The second kappa shape index (κ2) is 8.29. The third kappa shape index (κ3) is 3.98. The van der Waals surface area contributed by atoms with E-state index in [9.17, 15) is 5.11 Å². The van der Waals surface area contributed by atoms with Gasteiger partial charge in [0.1, 0.15) is 5.75 Å². The summed E-state index contributed by atoms with van der Waals surface area (Å²) in [4.78, 5) is 2.30. The van der Waals surface area contributed by atoms with Crippen LogP contribution in [-0.4, -0.2) is 12.2 Å². The van der Waals surface area contributed by atoms with Gasteiger partial charge in [-0.1, -0.05) is 56.7 Å². The molecular weight excluding hydrogens is 366 g/mol. The minimum atomic E-state index is 0.157. The summed E-state index contributed by atoms with van der Waals surface area (Å²) in [5.74, 6) is 2.88. The number of anilines is 1. The summed E-state index contributed by atoms with van der Waals surface area (Å²) in [5, 5.41) is 11.5. The van der Waals surface area contributed by atoms with E-state index in [-0.39, 0.29) is 5.41 Å². The molecule has 0 heterocycles. The van der Waals surface area contributed by atoms with Crippen molar-refractivity contribution in [1.82, 2.24) is 0 Å². The van der Waals surface area contributed by atoms with Crippen molar-refractivity contribution in [2.24, 2.45) is 17.8 Å². The van der Waals surface area contributed by atoms with Gasteiger partial charge in [0.15, 0.2) is 0 Å². The minimum absolute atomic E-state index is 0.157. The molecule has 2 nitrogen and oxygen atoms in total. The Hall–Kier alpha value is -1.96. The van der Waals surface area contributed by atoms with Crippen LogP contribution in [0.3, 0.4) is 0 Å². The molecule has 2 unspecified atom stereocenters. The first-order chi connectivity index (χ1) is 14.3. The van der Waals surface area contributed by atoms with Gasteiger partial charge in [-0.05, 0) is 80.2 Å². The van der Waals surface area contributed by atoms with Gasteiger partial charge in [-0.15, -0.1) is 0 Å². The van der Waals surface area contributed by atoms with Crippen LogP contribution in [-0.2, 0) is 18.4 Å². The lowest BCUT2D eigenvalue weighted by atomic mass is 9.54. The van der Waals surface area contributed by atoms with Crippen molar-refractivity contribution in [3.05, 3.63) is 58.7 Å². The predicted molar refractivity (Wildman–Crippen MR) is 127 cm³/mol. The molecule has 2 bridgehead atoms. The van der Waals surface area contributed by atoms with Crippen molar-refractivity contribution in [3.8, 4) is 5.75 Å². The van der Waals surface area contributed by atoms with Gasteiger partial charge in [-0.2, -0.15) is 0 Å². The Balaban J connectivity index is 1.70. The van der Waals surface area contributed by atoms with E-state index in [1.54, 1.807) is 0 Å². The number of aryl methyl sites for hydroxylation is 2. The molecule has 0 radical (unpaired) electrons. The molecule has 2 aromatic rings. The largest absolute Gasteiger partial charge is 0.507 e. The van der Waals surface area contributed by atoms with Crippen LogP contribution in [0.4, 0.5) is 5.69 Å². The fourth-order valence-corrected chi connectivity index (χ4v) is 6.94. The molecule has 0 amide bonds. The number of hydrogen-bond acceptors (Lipinski definition) is 2. The Kier molecular flexibility index (Phi) is 5.88. The molecule has 2 saturated carbocycles. The van der Waals surface area contributed by atoms with Crippen molar-refractivity contribution < 1.29 is 5.11 Å². The average molecular weight is 406 g/mol. The van der Waals surface area contributed by atoms with Gasteiger partial charge in [-0.25, -0.2) is 0 Å². The average Bonchev–Trinajstić information content (AvgIpc) is 2.69. The lowest BCUT2D eigenvalue weighted by Gasteiger charge is -2.50. The van der Waals surface area contributed by atoms with Crippen molar-refractivity contribution in [1.29, 1.82) is 0 Å². The Morgan fingerprint density at radius 2 is 1.67 bits per heavy atom. The number of aromatic hydroxyl groups is 1. The van der Waals surface area contributed by atoms with Crippen molar-refractivity contribution in [3.63, 3.8) is 0 Å². The molecule has 2 aliphatic carbocycles. The van der Waals surface area contributed by atoms with E-state index in [0.29, 0.717) is 5.75 Å². The maximum atomic E-state index is 11.5. The number of para-hydroxylation sites is 1. The molecule has 0 spiro atoms. The van der Waals surface area contributed by atoms with E-state index < -0.39 is 0 Å². The highest BCUT2D eigenvalue weighted by atomic mass is 16.3. The second-order valence-electron chi connectivity index (χ2n) is 10.6. The zero-order valence-corrected chi connectivity index (χ0v) is 19.5. The molecule has 2 aromatic carbocycles. The molecule has 0 aliphatic heterocycles. The molecule has 2 atom stereocenters. The Bertz CT molecular complexity index is 882. The summed E-state index contributed by atoms with van der Waals surface area (Å²) < 4.78 is 0. The molecule has 30 heavy (non-hydrogen) atoms. The highest BCUT2D eigenvalue weighted by Gasteiger charge is 2.46. The topological polar surface area (TPSA) is 23.5 Å². The van der Waals surface area contributed by atoms with Crippen molar-refractivity contribution >= 4 is 5.69 Å². The molecule has 162 valence electrons. The van der Waals surface area contributed by atoms with Gasteiger partial charge in [0.05, 0.1) is 0 Å². The van der Waals surface area contributed by atoms with Crippen LogP contribution in [0.25, 0.3) is 0 Å². The fraction of sp³-hybridized carbons (Fsp3) is 0.571. The molecule has 4 rings (SSSR count). The third-order valence-electron chi connectivity index (χ3n) is 7.73. The number of phenolic OH excluding ortho intramolecular Hbond substituents is 1. The van der Waals surface area contributed by atoms with Crippen molar-refractivity contribution in [2.75, 3.05) is 11.9 Å². The SMILES string of the molecule is CCc1ccccc1N(C)Cc1cc(C)cc(C23CC(C)CC(CC(C)C2)C3)c1O. The number of hydrogen-bond donors (Lipinski definition) is 1. The van der Waals surface area contributed by atoms with Gasteiger partial charge in [0, 0.05) is 30.4 Å². The zero-order valence-electron chi connectivity index (χ0n) is 19.5. The van der Waals surface area contributed by atoms with Crippen LogP contribution in [0.5, 0.6) is 5.75 Å². The first-order valence-electron chi connectivity index (χ1n) is 11.9. The molecule has 2 aliphatic rings. The van der Waals surface area contributed by atoms with Gasteiger partial charge in [0.25, 0.3) is 0 Å². The van der Waals surface area contributed by atoms with Gasteiger partial charge in [0.2, 0.25) is 0 Å². The summed E-state index contributed by atoms with van der Waals surface area (Å²) in [6.07, 6.45) is 7.44. The number of phenols is 1. The maximum absolute atomic E-state index is 11.5. The molecule has 0 aromatic heterocycles. The lowest BCUT2D eigenvalue weighted by molar-refractivity contribution is 0.0762. The summed E-state index contributed by atoms with van der Waals surface area (Å²) in [5.41, 5.74) is 6.36. The van der Waals surface area contributed by atoms with E-state index in [1.165, 1.54) is 54.5 Å². The number of fused-ring (bicyclic) bond motifs is 2. The Morgan fingerprint density at radius 1 is 1.00 bits per heavy atom. The van der Waals surface area contributed by atoms with Gasteiger partial charge >= 0.3 is 0 Å². The molecule has 2 fully saturated rings. The maximum Gasteiger partial charge on any atom is 0.124 e. The van der Waals surface area contributed by atoms with Crippen molar-refractivity contribution in [2.45, 2.75) is 78.2 Å². The van der Waals surface area contributed by atoms with E-state index in [1.807, 2.05) is 0 Å². The van der Waals surface area contributed by atoms with Gasteiger partial charge in [-0.3, -0.25) is 0 Å². The third-order valence-corrected chi connectivity index (χ3v) is 7.73. The molecule has 1 N–H and O–H groups in total. The van der Waals surface area contributed by atoms with Crippen LogP contribution in [0.2, 0.25) is 0 Å². The number of rotatable bonds is 5. The van der Waals surface area contributed by atoms with Crippen LogP contribution >= 0.6 is 0 Å². The van der Waals surface area contributed by atoms with E-state index in [0.717, 1.165) is 36.3 Å². The first-order valence-corrected chi connectivity index (χ1v) is 11.9. The monoisotopic (exact) mass is 405 g/mol. The fourth-order valence-electron chi connectivity index (χ4n) is 6.94. The number of benzene rings is 2. The standard InChI is InChI=1S/C28H39NO/c1-6-23-9-7-8-10-26(23)29(5)18-24-13-19(2)14-25(27(24)30)28-15-20(3)11-22(17-28)12-21(4)16-28/h7-10,13-14,20-22,30H,6,11-12,15-18H2,1-5H3. The van der Waals surface area contributed by atoms with Crippen LogP contribution in [0.15, 0.2) is 36.4 Å². The first kappa shape index (κ1) is 21.3. The van der Waals surface area contributed by atoms with Crippen LogP contribution < -0.4 is 4.90 Å². The predicted octanol–water partition coefficient (Wildman–Crippen LogP) is 7.00. The summed E-state index contributed by atoms with van der Waals surface area (Å²) >= 11 is 0. The quantitative estimate of drug-likeness (QED) is 0.578. The van der Waals surface area contributed by atoms with Crippen LogP contribution in [0.1, 0.15) is 75.1 Å². The summed E-state index contributed by atoms with van der Waals surface area (Å²) in [6, 6.07) is 13.1. The Labute approximate surface area is 183 Å². The van der Waals surface area contributed by atoms with E-state index >= 15 is 0 Å². The van der Waals surface area contributed by atoms with E-state index in [2.05, 4.69) is 76.0 Å². The highest BCUT2D eigenvalue weighted by Crippen LogP contribution is 2.56. The zero-order chi connectivity index (χ0) is 21.5. The second-order valence-corrected chi connectivity index (χ2v) is 10.6. The normalized spacial score (nSPS) is 28.4. The summed E-state index contributed by atoms with van der Waals surface area (Å²) in [6.45, 7) is 9.97. The molecule has 0 saturated heterocycles.